The summed E-state index contributed by atoms with van der Waals surface area (Å²) in [5, 5.41) is 17.7. The number of halogens is 2. The van der Waals surface area contributed by atoms with E-state index in [-0.39, 0.29) is 17.5 Å². The summed E-state index contributed by atoms with van der Waals surface area (Å²) in [5.41, 5.74) is -1.06. The molecule has 21 heavy (non-hydrogen) atoms. The van der Waals surface area contributed by atoms with Gasteiger partial charge in [0.2, 0.25) is 0 Å². The molecule has 0 aliphatic heterocycles. The summed E-state index contributed by atoms with van der Waals surface area (Å²) in [4.78, 5) is 21.7. The van der Waals surface area contributed by atoms with E-state index >= 15 is 0 Å². The van der Waals surface area contributed by atoms with Gasteiger partial charge in [0.25, 0.3) is 0 Å². The second-order valence-corrected chi connectivity index (χ2v) is 4.34. The standard InChI is InChI=1S/C15H10F2O4/c16-12-8(3-1-5-10(12)14(18)19)7-9-4-2-6-11(13(9)17)15(20)21/h1-6H,7H2,(H,18,19)(H,20,21). The SMILES string of the molecule is O=C(O)c1cccc(Cc2cccc(C(=O)O)c2F)c1F. The van der Waals surface area contributed by atoms with E-state index in [2.05, 4.69) is 0 Å². The van der Waals surface area contributed by atoms with Crippen LogP contribution in [0.15, 0.2) is 36.4 Å². The Morgan fingerprint density at radius 3 is 1.52 bits per heavy atom. The van der Waals surface area contributed by atoms with E-state index in [0.29, 0.717) is 0 Å². The lowest BCUT2D eigenvalue weighted by molar-refractivity contribution is 0.0680. The number of carbonyl (C=O) groups is 2. The van der Waals surface area contributed by atoms with Gasteiger partial charge in [-0.1, -0.05) is 24.3 Å². The van der Waals surface area contributed by atoms with Gasteiger partial charge in [0.15, 0.2) is 0 Å². The molecule has 0 aliphatic rings. The lowest BCUT2D eigenvalue weighted by Gasteiger charge is -2.08. The molecule has 6 heteroatoms. The summed E-state index contributed by atoms with van der Waals surface area (Å²) in [6.45, 7) is 0. The third kappa shape index (κ3) is 2.89. The van der Waals surface area contributed by atoms with Gasteiger partial charge in [-0.15, -0.1) is 0 Å². The van der Waals surface area contributed by atoms with Crippen molar-refractivity contribution < 1.29 is 28.6 Å². The van der Waals surface area contributed by atoms with Gasteiger partial charge in [0, 0.05) is 6.42 Å². The fourth-order valence-electron chi connectivity index (χ4n) is 1.97. The maximum atomic E-state index is 14.0. The average molecular weight is 292 g/mol. The fraction of sp³-hybridized carbons (Fsp3) is 0.0667. The van der Waals surface area contributed by atoms with Crippen LogP contribution < -0.4 is 0 Å². The first-order valence-corrected chi connectivity index (χ1v) is 5.93. The maximum Gasteiger partial charge on any atom is 0.338 e. The zero-order valence-electron chi connectivity index (χ0n) is 10.6. The van der Waals surface area contributed by atoms with Crippen molar-refractivity contribution in [3.8, 4) is 0 Å². The number of rotatable bonds is 4. The van der Waals surface area contributed by atoms with Crippen molar-refractivity contribution in [3.63, 3.8) is 0 Å². The quantitative estimate of drug-likeness (QED) is 0.908. The second-order valence-electron chi connectivity index (χ2n) is 4.34. The number of carboxylic acids is 2. The Morgan fingerprint density at radius 1 is 0.810 bits per heavy atom. The molecule has 0 heterocycles. The van der Waals surface area contributed by atoms with Crippen LogP contribution in [0.5, 0.6) is 0 Å². The van der Waals surface area contributed by atoms with Crippen molar-refractivity contribution in [2.45, 2.75) is 6.42 Å². The summed E-state index contributed by atoms with van der Waals surface area (Å²) in [6, 6.07) is 7.56. The number of carboxylic acid groups (broad SMARTS) is 2. The molecule has 0 unspecified atom stereocenters. The van der Waals surface area contributed by atoms with E-state index in [4.69, 9.17) is 10.2 Å². The molecule has 0 bridgehead atoms. The van der Waals surface area contributed by atoms with E-state index in [9.17, 15) is 18.4 Å². The van der Waals surface area contributed by atoms with Gasteiger partial charge in [0.1, 0.15) is 11.6 Å². The smallest absolute Gasteiger partial charge is 0.338 e. The summed E-state index contributed by atoms with van der Waals surface area (Å²) in [5.74, 6) is -4.75. The second kappa shape index (κ2) is 5.70. The molecule has 0 spiro atoms. The fourth-order valence-corrected chi connectivity index (χ4v) is 1.97. The van der Waals surface area contributed by atoms with Crippen LogP contribution in [0.4, 0.5) is 8.78 Å². The van der Waals surface area contributed by atoms with Gasteiger partial charge in [0.05, 0.1) is 11.1 Å². The monoisotopic (exact) mass is 292 g/mol. The first-order valence-electron chi connectivity index (χ1n) is 5.93. The first-order chi connectivity index (χ1) is 9.91. The van der Waals surface area contributed by atoms with Crippen LogP contribution >= 0.6 is 0 Å². The van der Waals surface area contributed by atoms with Crippen LogP contribution in [-0.2, 0) is 6.42 Å². The minimum Gasteiger partial charge on any atom is -0.478 e. The molecule has 0 atom stereocenters. The molecule has 0 aromatic heterocycles. The third-order valence-electron chi connectivity index (χ3n) is 3.00. The van der Waals surface area contributed by atoms with Crippen molar-refractivity contribution in [2.24, 2.45) is 0 Å². The molecule has 0 fully saturated rings. The Hall–Kier alpha value is -2.76. The van der Waals surface area contributed by atoms with E-state index < -0.39 is 34.7 Å². The van der Waals surface area contributed by atoms with Gasteiger partial charge in [-0.3, -0.25) is 0 Å². The van der Waals surface area contributed by atoms with Crippen LogP contribution in [0, 0.1) is 11.6 Å². The van der Waals surface area contributed by atoms with Crippen molar-refractivity contribution in [1.82, 2.24) is 0 Å². The van der Waals surface area contributed by atoms with Gasteiger partial charge in [-0.05, 0) is 23.3 Å². The van der Waals surface area contributed by atoms with Crippen molar-refractivity contribution in [2.75, 3.05) is 0 Å². The number of hydrogen-bond acceptors (Lipinski definition) is 2. The molecular weight excluding hydrogens is 282 g/mol. The molecule has 2 aromatic carbocycles. The van der Waals surface area contributed by atoms with E-state index in [1.807, 2.05) is 0 Å². The zero-order valence-corrected chi connectivity index (χ0v) is 10.6. The highest BCUT2D eigenvalue weighted by atomic mass is 19.1. The highest BCUT2D eigenvalue weighted by Gasteiger charge is 2.17. The predicted octanol–water partition coefficient (Wildman–Crippen LogP) is 2.95. The van der Waals surface area contributed by atoms with Crippen LogP contribution in [0.1, 0.15) is 31.8 Å². The largest absolute Gasteiger partial charge is 0.478 e. The molecule has 4 nitrogen and oxygen atoms in total. The zero-order chi connectivity index (χ0) is 15.6. The summed E-state index contributed by atoms with van der Waals surface area (Å²) in [7, 11) is 0. The molecule has 0 amide bonds. The molecule has 0 aliphatic carbocycles. The highest BCUT2D eigenvalue weighted by Crippen LogP contribution is 2.20. The van der Waals surface area contributed by atoms with Gasteiger partial charge >= 0.3 is 11.9 Å². The molecule has 2 N–H and O–H groups in total. The maximum absolute atomic E-state index is 14.0. The van der Waals surface area contributed by atoms with Crippen LogP contribution in [0.25, 0.3) is 0 Å². The van der Waals surface area contributed by atoms with Crippen molar-refractivity contribution in [1.29, 1.82) is 0 Å². The predicted molar refractivity (Wildman–Crippen MR) is 69.5 cm³/mol. The number of benzene rings is 2. The van der Waals surface area contributed by atoms with Gasteiger partial charge in [-0.25, -0.2) is 18.4 Å². The molecule has 0 radical (unpaired) electrons. The molecule has 108 valence electrons. The van der Waals surface area contributed by atoms with Gasteiger partial charge in [-0.2, -0.15) is 0 Å². The lowest BCUT2D eigenvalue weighted by Crippen LogP contribution is -2.07. The Kier molecular flexibility index (Phi) is 3.98. The molecule has 0 saturated heterocycles. The van der Waals surface area contributed by atoms with E-state index in [0.717, 1.165) is 12.1 Å². The van der Waals surface area contributed by atoms with Crippen LogP contribution in [0.2, 0.25) is 0 Å². The minimum atomic E-state index is -1.42. The van der Waals surface area contributed by atoms with Crippen molar-refractivity contribution >= 4 is 11.9 Å². The Labute approximate surface area is 118 Å². The minimum absolute atomic E-state index is 0.0173. The Balaban J connectivity index is 2.44. The van der Waals surface area contributed by atoms with E-state index in [1.165, 1.54) is 24.3 Å². The van der Waals surface area contributed by atoms with E-state index in [1.54, 1.807) is 0 Å². The topological polar surface area (TPSA) is 74.6 Å². The summed E-state index contributed by atoms with van der Waals surface area (Å²) in [6.07, 6.45) is -0.236. The number of hydrogen-bond donors (Lipinski definition) is 2. The third-order valence-corrected chi connectivity index (χ3v) is 3.00. The van der Waals surface area contributed by atoms with Crippen LogP contribution in [0.3, 0.4) is 0 Å². The summed E-state index contributed by atoms with van der Waals surface area (Å²) >= 11 is 0. The molecule has 2 rings (SSSR count). The van der Waals surface area contributed by atoms with Gasteiger partial charge < -0.3 is 10.2 Å². The summed E-state index contributed by atoms with van der Waals surface area (Å²) < 4.78 is 28.0. The molecular formula is C15H10F2O4. The normalized spacial score (nSPS) is 10.4. The Bertz CT molecular complexity index is 664. The Morgan fingerprint density at radius 2 is 1.19 bits per heavy atom. The number of aromatic carboxylic acids is 2. The molecule has 2 aromatic rings. The highest BCUT2D eigenvalue weighted by molar-refractivity contribution is 5.88. The first kappa shape index (κ1) is 14.6. The van der Waals surface area contributed by atoms with Crippen LogP contribution in [-0.4, -0.2) is 22.2 Å². The average Bonchev–Trinajstić information content (AvgIpc) is 2.42. The molecule has 0 saturated carbocycles. The van der Waals surface area contributed by atoms with Crippen molar-refractivity contribution in [3.05, 3.63) is 70.3 Å². The lowest BCUT2D eigenvalue weighted by atomic mass is 9.99.